The predicted molar refractivity (Wildman–Crippen MR) is 89.4 cm³/mol. The molecule has 1 heterocycles. The van der Waals surface area contributed by atoms with Gasteiger partial charge in [0.1, 0.15) is 18.5 Å². The number of benzene rings is 1. The number of aliphatic hydroxyl groups is 1. The van der Waals surface area contributed by atoms with Gasteiger partial charge in [0.2, 0.25) is 11.8 Å². The summed E-state index contributed by atoms with van der Waals surface area (Å²) in [6, 6.07) is 9.14. The summed E-state index contributed by atoms with van der Waals surface area (Å²) in [4.78, 5) is 26.0. The van der Waals surface area contributed by atoms with Gasteiger partial charge in [-0.25, -0.2) is 0 Å². The van der Waals surface area contributed by atoms with E-state index in [2.05, 4.69) is 6.07 Å². The number of ether oxygens (including phenoxy) is 1. The molecule has 1 saturated heterocycles. The Morgan fingerprint density at radius 3 is 2.32 bits per heavy atom. The molecule has 2 amide bonds. The van der Waals surface area contributed by atoms with E-state index >= 15 is 0 Å². The number of hydrogen-bond acceptors (Lipinski definition) is 5. The monoisotopic (exact) mass is 342 g/mol. The van der Waals surface area contributed by atoms with Crippen LogP contribution in [0.25, 0.3) is 0 Å². The third-order valence-corrected chi connectivity index (χ3v) is 4.97. The van der Waals surface area contributed by atoms with Crippen molar-refractivity contribution < 1.29 is 19.4 Å². The van der Waals surface area contributed by atoms with Crippen LogP contribution >= 0.6 is 0 Å². The smallest absolute Gasteiger partial charge is 0.233 e. The zero-order chi connectivity index (χ0) is 17.8. The Labute approximate surface area is 147 Å². The number of nitriles is 1. The summed E-state index contributed by atoms with van der Waals surface area (Å²) in [6.07, 6.45) is 2.93. The summed E-state index contributed by atoms with van der Waals surface area (Å²) < 4.78 is 5.52. The average molecular weight is 342 g/mol. The van der Waals surface area contributed by atoms with E-state index in [0.29, 0.717) is 12.2 Å². The van der Waals surface area contributed by atoms with Crippen LogP contribution in [0.5, 0.6) is 5.75 Å². The molecule has 0 spiro atoms. The molecule has 2 fully saturated rings. The minimum atomic E-state index is -0.924. The number of carbonyl (C=O) groups is 2. The second-order valence-electron chi connectivity index (χ2n) is 6.73. The SMILES string of the molecule is N#CCc1ccc(OC[C@H](O)CN2C(=O)[C@H]3CCCC[C@@H]3C2=O)cc1. The van der Waals surface area contributed by atoms with Gasteiger partial charge >= 0.3 is 0 Å². The van der Waals surface area contributed by atoms with Crippen LogP contribution in [0, 0.1) is 23.2 Å². The van der Waals surface area contributed by atoms with Gasteiger partial charge in [-0.1, -0.05) is 25.0 Å². The highest BCUT2D eigenvalue weighted by molar-refractivity contribution is 6.05. The number of carbonyl (C=O) groups excluding carboxylic acids is 2. The van der Waals surface area contributed by atoms with Crippen molar-refractivity contribution >= 4 is 11.8 Å². The first kappa shape index (κ1) is 17.4. The Balaban J connectivity index is 1.52. The molecule has 1 N–H and O–H groups in total. The number of imide groups is 1. The number of aliphatic hydroxyl groups excluding tert-OH is 1. The molecule has 3 rings (SSSR count). The van der Waals surface area contributed by atoms with Crippen LogP contribution in [0.3, 0.4) is 0 Å². The number of nitrogens with zero attached hydrogens (tertiary/aromatic N) is 2. The summed E-state index contributed by atoms with van der Waals surface area (Å²) in [6.45, 7) is -0.0127. The summed E-state index contributed by atoms with van der Waals surface area (Å²) in [5, 5.41) is 18.8. The molecular formula is C19H22N2O4. The molecule has 0 aromatic heterocycles. The molecule has 0 radical (unpaired) electrons. The average Bonchev–Trinajstić information content (AvgIpc) is 2.87. The fourth-order valence-corrected chi connectivity index (χ4v) is 3.66. The first-order valence-electron chi connectivity index (χ1n) is 8.72. The van der Waals surface area contributed by atoms with Gasteiger partial charge in [-0.3, -0.25) is 14.5 Å². The third kappa shape index (κ3) is 3.83. The lowest BCUT2D eigenvalue weighted by molar-refractivity contribution is -0.141. The van der Waals surface area contributed by atoms with E-state index in [1.165, 1.54) is 4.90 Å². The molecule has 1 saturated carbocycles. The second-order valence-corrected chi connectivity index (χ2v) is 6.73. The van der Waals surface area contributed by atoms with E-state index in [0.717, 1.165) is 31.2 Å². The molecule has 132 valence electrons. The van der Waals surface area contributed by atoms with Gasteiger partial charge < -0.3 is 9.84 Å². The maximum Gasteiger partial charge on any atom is 0.233 e. The van der Waals surface area contributed by atoms with Crippen molar-refractivity contribution in [3.05, 3.63) is 29.8 Å². The topological polar surface area (TPSA) is 90.6 Å². The van der Waals surface area contributed by atoms with E-state index in [1.54, 1.807) is 24.3 Å². The van der Waals surface area contributed by atoms with Gasteiger partial charge in [0, 0.05) is 0 Å². The largest absolute Gasteiger partial charge is 0.491 e. The van der Waals surface area contributed by atoms with Crippen molar-refractivity contribution in [2.75, 3.05) is 13.2 Å². The number of fused-ring (bicyclic) bond motifs is 1. The number of likely N-dealkylation sites (tertiary alicyclic amines) is 1. The van der Waals surface area contributed by atoms with E-state index in [1.807, 2.05) is 0 Å². The van der Waals surface area contributed by atoms with Crippen LogP contribution < -0.4 is 4.74 Å². The van der Waals surface area contributed by atoms with Crippen LogP contribution in [0.2, 0.25) is 0 Å². The van der Waals surface area contributed by atoms with Gasteiger partial charge in [0.15, 0.2) is 0 Å². The summed E-state index contributed by atoms with van der Waals surface area (Å²) in [7, 11) is 0. The Hall–Kier alpha value is -2.39. The molecule has 3 atom stereocenters. The lowest BCUT2D eigenvalue weighted by Gasteiger charge is -2.19. The van der Waals surface area contributed by atoms with Gasteiger partial charge in [-0.2, -0.15) is 5.26 Å². The minimum Gasteiger partial charge on any atom is -0.491 e. The van der Waals surface area contributed by atoms with Crippen LogP contribution in [0.4, 0.5) is 0 Å². The van der Waals surface area contributed by atoms with Gasteiger partial charge in [-0.15, -0.1) is 0 Å². The number of hydrogen-bond donors (Lipinski definition) is 1. The van der Waals surface area contributed by atoms with Crippen molar-refractivity contribution in [2.45, 2.75) is 38.2 Å². The molecule has 1 aromatic carbocycles. The van der Waals surface area contributed by atoms with E-state index in [9.17, 15) is 14.7 Å². The van der Waals surface area contributed by atoms with E-state index in [4.69, 9.17) is 10.00 Å². The summed E-state index contributed by atoms with van der Waals surface area (Å²) in [5.74, 6) is -0.0956. The van der Waals surface area contributed by atoms with Crippen molar-refractivity contribution in [1.82, 2.24) is 4.90 Å². The maximum atomic E-state index is 12.4. The lowest BCUT2D eigenvalue weighted by atomic mass is 9.81. The van der Waals surface area contributed by atoms with Gasteiger partial charge in [-0.05, 0) is 30.5 Å². The Bertz CT molecular complexity index is 656. The van der Waals surface area contributed by atoms with Crippen LogP contribution in [0.15, 0.2) is 24.3 Å². The van der Waals surface area contributed by atoms with Crippen molar-refractivity contribution in [1.29, 1.82) is 5.26 Å². The highest BCUT2D eigenvalue weighted by atomic mass is 16.5. The molecule has 6 nitrogen and oxygen atoms in total. The highest BCUT2D eigenvalue weighted by Gasteiger charge is 2.48. The molecule has 0 bridgehead atoms. The van der Waals surface area contributed by atoms with Gasteiger partial charge in [0.25, 0.3) is 0 Å². The Morgan fingerprint density at radius 1 is 1.16 bits per heavy atom. The molecule has 2 aliphatic rings. The molecule has 6 heteroatoms. The zero-order valence-corrected chi connectivity index (χ0v) is 14.1. The first-order chi connectivity index (χ1) is 12.1. The molecule has 25 heavy (non-hydrogen) atoms. The Morgan fingerprint density at radius 2 is 1.76 bits per heavy atom. The second kappa shape index (κ2) is 7.66. The van der Waals surface area contributed by atoms with Crippen molar-refractivity contribution in [3.8, 4) is 11.8 Å². The summed E-state index contributed by atoms with van der Waals surface area (Å²) >= 11 is 0. The predicted octanol–water partition coefficient (Wildman–Crippen LogP) is 1.67. The summed E-state index contributed by atoms with van der Waals surface area (Å²) in [5.41, 5.74) is 0.895. The molecule has 0 unspecified atom stereocenters. The normalized spacial score (nSPS) is 23.9. The number of β-amino-alcohol motifs (C(OH)–C–C–N with tert-alkyl or cyclic N) is 1. The quantitative estimate of drug-likeness (QED) is 0.794. The first-order valence-corrected chi connectivity index (χ1v) is 8.72. The van der Waals surface area contributed by atoms with E-state index < -0.39 is 6.10 Å². The van der Waals surface area contributed by atoms with Gasteiger partial charge in [0.05, 0.1) is 30.9 Å². The zero-order valence-electron chi connectivity index (χ0n) is 14.1. The number of amides is 2. The standard InChI is InChI=1S/C19H22N2O4/c20-10-9-13-5-7-15(8-6-13)25-12-14(22)11-21-18(23)16-3-1-2-4-17(16)19(21)24/h5-8,14,16-17,22H,1-4,9,11-12H2/t14-,16+,17+/m1/s1. The minimum absolute atomic E-state index is 0.00396. The fourth-order valence-electron chi connectivity index (χ4n) is 3.66. The Kier molecular flexibility index (Phi) is 5.34. The lowest BCUT2D eigenvalue weighted by Crippen LogP contribution is -2.40. The van der Waals surface area contributed by atoms with Crippen LogP contribution in [-0.2, 0) is 16.0 Å². The van der Waals surface area contributed by atoms with Crippen molar-refractivity contribution in [3.63, 3.8) is 0 Å². The molecular weight excluding hydrogens is 320 g/mol. The van der Waals surface area contributed by atoms with Crippen molar-refractivity contribution in [2.24, 2.45) is 11.8 Å². The molecule has 1 aliphatic carbocycles. The maximum absolute atomic E-state index is 12.4. The molecule has 1 aliphatic heterocycles. The van der Waals surface area contributed by atoms with E-state index in [-0.39, 0.29) is 36.8 Å². The third-order valence-electron chi connectivity index (χ3n) is 4.97. The molecule has 1 aromatic rings. The number of rotatable bonds is 6. The van der Waals surface area contributed by atoms with Crippen LogP contribution in [0.1, 0.15) is 31.2 Å². The fraction of sp³-hybridized carbons (Fsp3) is 0.526. The highest BCUT2D eigenvalue weighted by Crippen LogP contribution is 2.37. The van der Waals surface area contributed by atoms with Crippen LogP contribution in [-0.4, -0.2) is 41.1 Å².